The molecule has 23 heavy (non-hydrogen) atoms. The van der Waals surface area contributed by atoms with Crippen molar-refractivity contribution in [2.24, 2.45) is 7.05 Å². The number of amides is 1. The summed E-state index contributed by atoms with van der Waals surface area (Å²) >= 11 is 0. The highest BCUT2D eigenvalue weighted by Gasteiger charge is 2.29. The highest BCUT2D eigenvalue weighted by molar-refractivity contribution is 6.05. The zero-order valence-electron chi connectivity index (χ0n) is 12.7. The van der Waals surface area contributed by atoms with Gasteiger partial charge < -0.3 is 5.32 Å². The molecule has 1 amide bonds. The Morgan fingerprint density at radius 3 is 3.00 bits per heavy atom. The van der Waals surface area contributed by atoms with E-state index in [0.717, 1.165) is 24.1 Å². The van der Waals surface area contributed by atoms with Crippen LogP contribution in [-0.2, 0) is 7.05 Å². The van der Waals surface area contributed by atoms with E-state index in [2.05, 4.69) is 25.6 Å². The summed E-state index contributed by atoms with van der Waals surface area (Å²) in [7, 11) is 1.82. The molecule has 0 bridgehead atoms. The molecule has 0 saturated heterocycles. The second-order valence-corrected chi connectivity index (χ2v) is 5.75. The van der Waals surface area contributed by atoms with E-state index in [4.69, 9.17) is 0 Å². The van der Waals surface area contributed by atoms with Crippen LogP contribution in [0.15, 0.2) is 36.8 Å². The molecule has 3 aromatic rings. The summed E-state index contributed by atoms with van der Waals surface area (Å²) in [6.45, 7) is 0. The molecule has 2 heterocycles. The van der Waals surface area contributed by atoms with Crippen LogP contribution in [-0.4, -0.2) is 30.9 Å². The summed E-state index contributed by atoms with van der Waals surface area (Å²) in [4.78, 5) is 16.7. The van der Waals surface area contributed by atoms with Crippen LogP contribution in [0.25, 0.3) is 11.4 Å². The Kier molecular flexibility index (Phi) is 3.18. The van der Waals surface area contributed by atoms with Gasteiger partial charge in [-0.1, -0.05) is 12.1 Å². The molecule has 7 heteroatoms. The van der Waals surface area contributed by atoms with Crippen molar-refractivity contribution in [3.8, 4) is 11.4 Å². The Balaban J connectivity index is 1.56. The lowest BCUT2D eigenvalue weighted by Gasteiger charge is -2.06. The summed E-state index contributed by atoms with van der Waals surface area (Å²) in [5.41, 5.74) is 3.12. The van der Waals surface area contributed by atoms with Crippen LogP contribution < -0.4 is 5.32 Å². The monoisotopic (exact) mass is 308 g/mol. The maximum Gasteiger partial charge on any atom is 0.259 e. The zero-order chi connectivity index (χ0) is 15.8. The van der Waals surface area contributed by atoms with Crippen molar-refractivity contribution in [3.05, 3.63) is 48.0 Å². The average molecular weight is 308 g/mol. The number of nitrogens with one attached hydrogen (secondary N) is 2. The van der Waals surface area contributed by atoms with Gasteiger partial charge in [0.05, 0.1) is 17.5 Å². The molecule has 0 spiro atoms. The van der Waals surface area contributed by atoms with Crippen molar-refractivity contribution < 1.29 is 4.79 Å². The first kappa shape index (κ1) is 13.7. The molecule has 2 aromatic heterocycles. The molecular formula is C16H16N6O. The highest BCUT2D eigenvalue weighted by Crippen LogP contribution is 2.40. The second kappa shape index (κ2) is 5.35. The molecule has 7 nitrogen and oxygen atoms in total. The van der Waals surface area contributed by atoms with Crippen molar-refractivity contribution in [1.82, 2.24) is 25.0 Å². The standard InChI is InChI=1S/C16H16N6O/c1-22-9-17-15(21-22)11-3-2-4-12(7-11)19-16(23)13-8-18-20-14(13)10-5-6-10/h2-4,7-10H,5-6H2,1H3,(H,18,20)(H,19,23). The van der Waals surface area contributed by atoms with Gasteiger partial charge in [0.2, 0.25) is 0 Å². The molecular weight excluding hydrogens is 292 g/mol. The van der Waals surface area contributed by atoms with E-state index >= 15 is 0 Å². The Morgan fingerprint density at radius 2 is 2.26 bits per heavy atom. The third-order valence-electron chi connectivity index (χ3n) is 3.88. The predicted octanol–water partition coefficient (Wildman–Crippen LogP) is 2.33. The van der Waals surface area contributed by atoms with Crippen LogP contribution in [0.3, 0.4) is 0 Å². The quantitative estimate of drug-likeness (QED) is 0.774. The van der Waals surface area contributed by atoms with Crippen molar-refractivity contribution in [3.63, 3.8) is 0 Å². The van der Waals surface area contributed by atoms with Crippen molar-refractivity contribution in [2.75, 3.05) is 5.32 Å². The average Bonchev–Trinajstić information content (AvgIpc) is 3.10. The summed E-state index contributed by atoms with van der Waals surface area (Å²) in [5, 5.41) is 14.1. The van der Waals surface area contributed by atoms with E-state index in [1.165, 1.54) is 0 Å². The molecule has 1 fully saturated rings. The minimum atomic E-state index is -0.146. The van der Waals surface area contributed by atoms with Crippen LogP contribution in [0.4, 0.5) is 5.69 Å². The van der Waals surface area contributed by atoms with E-state index in [0.29, 0.717) is 23.0 Å². The van der Waals surface area contributed by atoms with Gasteiger partial charge in [-0.2, -0.15) is 10.2 Å². The molecule has 0 aliphatic heterocycles. The number of carbonyl (C=O) groups excluding carboxylic acids is 1. The number of aromatic nitrogens is 5. The normalized spacial score (nSPS) is 14.0. The maximum absolute atomic E-state index is 12.5. The third-order valence-corrected chi connectivity index (χ3v) is 3.88. The second-order valence-electron chi connectivity index (χ2n) is 5.75. The lowest BCUT2D eigenvalue weighted by atomic mass is 10.1. The fourth-order valence-electron chi connectivity index (χ4n) is 2.57. The topological polar surface area (TPSA) is 88.5 Å². The van der Waals surface area contributed by atoms with Crippen LogP contribution in [0.2, 0.25) is 0 Å². The van der Waals surface area contributed by atoms with Gasteiger partial charge in [0.25, 0.3) is 5.91 Å². The molecule has 1 aromatic carbocycles. The van der Waals surface area contributed by atoms with Crippen LogP contribution in [0.5, 0.6) is 0 Å². The molecule has 0 radical (unpaired) electrons. The lowest BCUT2D eigenvalue weighted by molar-refractivity contribution is 0.102. The number of H-pyrrole nitrogens is 1. The fourth-order valence-corrected chi connectivity index (χ4v) is 2.57. The number of hydrogen-bond acceptors (Lipinski definition) is 4. The molecule has 4 rings (SSSR count). The van der Waals surface area contributed by atoms with Crippen LogP contribution in [0.1, 0.15) is 34.8 Å². The number of anilines is 1. The Bertz CT molecular complexity index is 861. The summed E-state index contributed by atoms with van der Waals surface area (Å²) < 4.78 is 1.65. The predicted molar refractivity (Wildman–Crippen MR) is 85.0 cm³/mol. The van der Waals surface area contributed by atoms with Crippen molar-refractivity contribution in [2.45, 2.75) is 18.8 Å². The highest BCUT2D eigenvalue weighted by atomic mass is 16.1. The molecule has 0 unspecified atom stereocenters. The molecule has 1 saturated carbocycles. The number of hydrogen-bond donors (Lipinski definition) is 2. The largest absolute Gasteiger partial charge is 0.322 e. The van der Waals surface area contributed by atoms with E-state index < -0.39 is 0 Å². The number of carbonyl (C=O) groups is 1. The van der Waals surface area contributed by atoms with Crippen LogP contribution >= 0.6 is 0 Å². The van der Waals surface area contributed by atoms with E-state index in [9.17, 15) is 4.79 Å². The van der Waals surface area contributed by atoms with Gasteiger partial charge in [-0.05, 0) is 25.0 Å². The molecule has 1 aliphatic carbocycles. The van der Waals surface area contributed by atoms with E-state index in [1.54, 1.807) is 17.2 Å². The summed E-state index contributed by atoms with van der Waals surface area (Å²) in [5.74, 6) is 0.930. The minimum Gasteiger partial charge on any atom is -0.322 e. The number of rotatable bonds is 4. The Hall–Kier alpha value is -2.96. The first-order valence-corrected chi connectivity index (χ1v) is 7.51. The molecule has 2 N–H and O–H groups in total. The number of benzene rings is 1. The van der Waals surface area contributed by atoms with Gasteiger partial charge in [0, 0.05) is 24.2 Å². The fraction of sp³-hybridized carbons (Fsp3) is 0.250. The third kappa shape index (κ3) is 2.73. The molecule has 1 aliphatic rings. The van der Waals surface area contributed by atoms with Gasteiger partial charge in [0.1, 0.15) is 6.33 Å². The van der Waals surface area contributed by atoms with Gasteiger partial charge in [-0.25, -0.2) is 4.98 Å². The Labute approximate surface area is 132 Å². The van der Waals surface area contributed by atoms with E-state index in [-0.39, 0.29) is 5.91 Å². The van der Waals surface area contributed by atoms with Crippen molar-refractivity contribution >= 4 is 11.6 Å². The van der Waals surface area contributed by atoms with E-state index in [1.807, 2.05) is 31.3 Å². The lowest BCUT2D eigenvalue weighted by Crippen LogP contribution is -2.13. The SMILES string of the molecule is Cn1cnc(-c2cccc(NC(=O)c3cn[nH]c3C3CC3)c2)n1. The van der Waals surface area contributed by atoms with Gasteiger partial charge >= 0.3 is 0 Å². The van der Waals surface area contributed by atoms with Gasteiger partial charge in [-0.3, -0.25) is 14.6 Å². The number of aromatic amines is 1. The molecule has 116 valence electrons. The maximum atomic E-state index is 12.5. The smallest absolute Gasteiger partial charge is 0.259 e. The first-order chi connectivity index (χ1) is 11.2. The Morgan fingerprint density at radius 1 is 1.39 bits per heavy atom. The molecule has 0 atom stereocenters. The first-order valence-electron chi connectivity index (χ1n) is 7.51. The van der Waals surface area contributed by atoms with Gasteiger partial charge in [-0.15, -0.1) is 0 Å². The number of aryl methyl sites for hydroxylation is 1. The summed E-state index contributed by atoms with van der Waals surface area (Å²) in [6, 6.07) is 7.50. The number of nitrogens with zero attached hydrogens (tertiary/aromatic N) is 4. The minimum absolute atomic E-state index is 0.146. The van der Waals surface area contributed by atoms with Gasteiger partial charge in [0.15, 0.2) is 5.82 Å². The summed E-state index contributed by atoms with van der Waals surface area (Å²) in [6.07, 6.45) is 5.47. The zero-order valence-corrected chi connectivity index (χ0v) is 12.7. The van der Waals surface area contributed by atoms with Crippen LogP contribution in [0, 0.1) is 0 Å². The van der Waals surface area contributed by atoms with Crippen molar-refractivity contribution in [1.29, 1.82) is 0 Å².